The summed E-state index contributed by atoms with van der Waals surface area (Å²) in [6.07, 6.45) is 2.44. The molecule has 9 nitrogen and oxygen atoms in total. The van der Waals surface area contributed by atoms with Crippen molar-refractivity contribution in [2.75, 3.05) is 67.7 Å². The number of rotatable bonds is 5. The highest BCUT2D eigenvalue weighted by Gasteiger charge is 2.22. The lowest BCUT2D eigenvalue weighted by Gasteiger charge is -2.33. The Kier molecular flexibility index (Phi) is 7.15. The van der Waals surface area contributed by atoms with Crippen molar-refractivity contribution in [1.29, 1.82) is 0 Å². The second kappa shape index (κ2) is 10.6. The molecule has 2 saturated heterocycles. The Morgan fingerprint density at radius 2 is 1.76 bits per heavy atom. The molecule has 1 aromatic carbocycles. The molecule has 5 rings (SSSR count). The normalized spacial score (nSPS) is 20.1. The highest BCUT2D eigenvalue weighted by atomic mass is 32.1. The number of aromatic nitrogens is 2. The number of ether oxygens (including phenoxy) is 3. The Bertz CT molecular complexity index is 1020. The average Bonchev–Trinajstić information content (AvgIpc) is 2.88. The van der Waals surface area contributed by atoms with Gasteiger partial charge in [0.15, 0.2) is 16.6 Å². The number of benzene rings is 1. The van der Waals surface area contributed by atoms with E-state index in [1.165, 1.54) is 12.8 Å². The van der Waals surface area contributed by atoms with Gasteiger partial charge < -0.3 is 34.6 Å². The lowest BCUT2D eigenvalue weighted by Crippen LogP contribution is -2.38. The molecule has 0 saturated carbocycles. The van der Waals surface area contributed by atoms with E-state index in [4.69, 9.17) is 36.4 Å². The Morgan fingerprint density at radius 1 is 1.00 bits per heavy atom. The van der Waals surface area contributed by atoms with E-state index in [0.29, 0.717) is 50.0 Å². The largest absolute Gasteiger partial charge is 0.486 e. The first-order valence-corrected chi connectivity index (χ1v) is 12.4. The van der Waals surface area contributed by atoms with Gasteiger partial charge in [-0.1, -0.05) is 13.0 Å². The van der Waals surface area contributed by atoms with Crippen LogP contribution in [0.2, 0.25) is 0 Å². The van der Waals surface area contributed by atoms with Gasteiger partial charge in [0, 0.05) is 38.8 Å². The first-order valence-electron chi connectivity index (χ1n) is 12.0. The van der Waals surface area contributed by atoms with E-state index in [0.717, 1.165) is 54.9 Å². The molecule has 1 atom stereocenters. The van der Waals surface area contributed by atoms with E-state index in [1.807, 2.05) is 18.2 Å². The van der Waals surface area contributed by atoms with Crippen LogP contribution >= 0.6 is 12.2 Å². The number of morpholine rings is 1. The summed E-state index contributed by atoms with van der Waals surface area (Å²) in [7, 11) is 0. The van der Waals surface area contributed by atoms with Crippen LogP contribution in [-0.4, -0.2) is 67.7 Å². The first kappa shape index (κ1) is 22.9. The standard InChI is InChI=1S/C24H32N6O3S/c1-17-3-2-6-30(16-17)22-14-21(29-7-9-31-10-8-29)26-23(27-22)28-24(34)25-15-18-4-5-19-20(13-18)33-12-11-32-19/h4-5,13-14,17H,2-3,6-12,15-16H2,1H3,(H2,25,26,27,28,34). The number of nitrogens with zero attached hydrogens (tertiary/aromatic N) is 4. The van der Waals surface area contributed by atoms with Gasteiger partial charge in [0.2, 0.25) is 5.95 Å². The number of piperidine rings is 1. The minimum atomic E-state index is 0.479. The van der Waals surface area contributed by atoms with Crippen LogP contribution in [0.25, 0.3) is 0 Å². The Balaban J connectivity index is 1.28. The first-order chi connectivity index (χ1) is 16.6. The minimum absolute atomic E-state index is 0.479. The zero-order valence-electron chi connectivity index (χ0n) is 19.6. The predicted molar refractivity (Wildman–Crippen MR) is 136 cm³/mol. The van der Waals surface area contributed by atoms with Crippen LogP contribution in [-0.2, 0) is 11.3 Å². The molecule has 10 heteroatoms. The summed E-state index contributed by atoms with van der Waals surface area (Å²) in [5.74, 6) is 4.57. The maximum Gasteiger partial charge on any atom is 0.232 e. The van der Waals surface area contributed by atoms with Gasteiger partial charge in [0.25, 0.3) is 0 Å². The molecule has 3 aliphatic rings. The fourth-order valence-corrected chi connectivity index (χ4v) is 4.68. The summed E-state index contributed by atoms with van der Waals surface area (Å²) in [5.41, 5.74) is 1.05. The van der Waals surface area contributed by atoms with Gasteiger partial charge >= 0.3 is 0 Å². The maximum atomic E-state index is 5.68. The van der Waals surface area contributed by atoms with Crippen molar-refractivity contribution < 1.29 is 14.2 Å². The number of hydrogen-bond acceptors (Lipinski definition) is 8. The number of anilines is 3. The molecule has 2 aromatic rings. The van der Waals surface area contributed by atoms with Crippen LogP contribution in [0.3, 0.4) is 0 Å². The molecule has 0 aliphatic carbocycles. The Morgan fingerprint density at radius 3 is 2.56 bits per heavy atom. The summed E-state index contributed by atoms with van der Waals surface area (Å²) in [4.78, 5) is 14.2. The monoisotopic (exact) mass is 484 g/mol. The number of hydrogen-bond donors (Lipinski definition) is 2. The molecule has 3 aliphatic heterocycles. The van der Waals surface area contributed by atoms with E-state index < -0.39 is 0 Å². The number of thiocarbonyl (C=S) groups is 1. The van der Waals surface area contributed by atoms with Crippen molar-refractivity contribution in [2.24, 2.45) is 5.92 Å². The summed E-state index contributed by atoms with van der Waals surface area (Å²) in [5, 5.41) is 6.94. The maximum absolute atomic E-state index is 5.68. The molecule has 182 valence electrons. The Hall–Kier alpha value is -2.85. The topological polar surface area (TPSA) is 84.0 Å². The van der Waals surface area contributed by atoms with Gasteiger partial charge in [-0.2, -0.15) is 9.97 Å². The number of fused-ring (bicyclic) bond motifs is 1. The zero-order chi connectivity index (χ0) is 23.3. The minimum Gasteiger partial charge on any atom is -0.486 e. The molecule has 34 heavy (non-hydrogen) atoms. The quantitative estimate of drug-likeness (QED) is 0.618. The Labute approximate surface area is 205 Å². The third kappa shape index (κ3) is 5.61. The zero-order valence-corrected chi connectivity index (χ0v) is 20.4. The summed E-state index contributed by atoms with van der Waals surface area (Å²) >= 11 is 5.57. The van der Waals surface area contributed by atoms with Crippen LogP contribution in [0.4, 0.5) is 17.6 Å². The molecule has 0 bridgehead atoms. The van der Waals surface area contributed by atoms with Gasteiger partial charge in [-0.25, -0.2) is 0 Å². The van der Waals surface area contributed by atoms with Crippen molar-refractivity contribution in [2.45, 2.75) is 26.3 Å². The van der Waals surface area contributed by atoms with Gasteiger partial charge in [-0.05, 0) is 48.7 Å². The molecule has 0 radical (unpaired) electrons. The van der Waals surface area contributed by atoms with Crippen molar-refractivity contribution in [1.82, 2.24) is 15.3 Å². The van der Waals surface area contributed by atoms with Crippen LogP contribution in [0.5, 0.6) is 11.5 Å². The lowest BCUT2D eigenvalue weighted by atomic mass is 10.0. The van der Waals surface area contributed by atoms with Crippen molar-refractivity contribution >= 4 is 34.9 Å². The van der Waals surface area contributed by atoms with Gasteiger partial charge in [-0.15, -0.1) is 0 Å². The van der Waals surface area contributed by atoms with E-state index in [-0.39, 0.29) is 0 Å². The van der Waals surface area contributed by atoms with Gasteiger partial charge in [-0.3, -0.25) is 0 Å². The molecule has 0 amide bonds. The summed E-state index contributed by atoms with van der Waals surface area (Å²) in [6, 6.07) is 8.02. The third-order valence-electron chi connectivity index (χ3n) is 6.30. The van der Waals surface area contributed by atoms with Crippen LogP contribution in [0.1, 0.15) is 25.3 Å². The van der Waals surface area contributed by atoms with Crippen LogP contribution in [0.15, 0.2) is 24.3 Å². The predicted octanol–water partition coefficient (Wildman–Crippen LogP) is 2.81. The SMILES string of the molecule is CC1CCCN(c2cc(N3CCOCC3)nc(NC(=S)NCc3ccc4c(c3)OCCO4)n2)C1. The molecule has 2 N–H and O–H groups in total. The average molecular weight is 485 g/mol. The molecular weight excluding hydrogens is 452 g/mol. The van der Waals surface area contributed by atoms with E-state index in [2.05, 4.69) is 33.4 Å². The van der Waals surface area contributed by atoms with E-state index in [1.54, 1.807) is 0 Å². The van der Waals surface area contributed by atoms with Gasteiger partial charge in [0.1, 0.15) is 24.8 Å². The van der Waals surface area contributed by atoms with Crippen LogP contribution < -0.4 is 29.9 Å². The molecule has 4 heterocycles. The van der Waals surface area contributed by atoms with Crippen molar-refractivity contribution in [3.05, 3.63) is 29.8 Å². The van der Waals surface area contributed by atoms with Crippen molar-refractivity contribution in [3.8, 4) is 11.5 Å². The second-order valence-electron chi connectivity index (χ2n) is 8.99. The molecule has 1 aromatic heterocycles. The number of nitrogens with one attached hydrogen (secondary N) is 2. The summed E-state index contributed by atoms with van der Waals surface area (Å²) in [6.45, 7) is 9.07. The second-order valence-corrected chi connectivity index (χ2v) is 9.39. The molecule has 2 fully saturated rings. The van der Waals surface area contributed by atoms with Crippen molar-refractivity contribution in [3.63, 3.8) is 0 Å². The van der Waals surface area contributed by atoms with E-state index >= 15 is 0 Å². The van der Waals surface area contributed by atoms with Gasteiger partial charge in [0.05, 0.1) is 13.2 Å². The molecular formula is C24H32N6O3S. The molecule has 1 unspecified atom stereocenters. The van der Waals surface area contributed by atoms with Crippen LogP contribution in [0, 0.1) is 5.92 Å². The highest BCUT2D eigenvalue weighted by molar-refractivity contribution is 7.80. The molecule has 0 spiro atoms. The highest BCUT2D eigenvalue weighted by Crippen LogP contribution is 2.31. The summed E-state index contributed by atoms with van der Waals surface area (Å²) < 4.78 is 16.8. The lowest BCUT2D eigenvalue weighted by molar-refractivity contribution is 0.122. The fraction of sp³-hybridized carbons (Fsp3) is 0.542. The fourth-order valence-electron chi connectivity index (χ4n) is 4.52. The van der Waals surface area contributed by atoms with E-state index in [9.17, 15) is 0 Å². The third-order valence-corrected chi connectivity index (χ3v) is 6.55. The smallest absolute Gasteiger partial charge is 0.232 e.